The molecule has 0 aliphatic rings. The maximum atomic E-state index is 5.79. The fourth-order valence-corrected chi connectivity index (χ4v) is 10.5. The van der Waals surface area contributed by atoms with E-state index in [1.165, 1.54) is 63.5 Å². The molecule has 0 fully saturated rings. The second-order valence-corrected chi connectivity index (χ2v) is 16.0. The molecule has 0 spiro atoms. The molecule has 4 aromatic heterocycles. The maximum absolute atomic E-state index is 5.79. The SMILES string of the molecule is c1ccc(-n2c3ccccc3c3cc4c(cc32)c2ccccc2n4-c2nc3c4ccccc4c4ccccc4c3nc2-c2ccc3c(c2)sc2ccccc23)cc1. The highest BCUT2D eigenvalue weighted by Crippen LogP contribution is 2.43. The largest absolute Gasteiger partial charge is 0.309 e. The Kier molecular flexibility index (Phi) is 6.29. The summed E-state index contributed by atoms with van der Waals surface area (Å²) in [6, 6.07) is 65.7. The van der Waals surface area contributed by atoms with Gasteiger partial charge in [-0.05, 0) is 59.3 Å². The summed E-state index contributed by atoms with van der Waals surface area (Å²) in [6.07, 6.45) is 0. The molecular formula is C52H30N4S. The van der Waals surface area contributed by atoms with Gasteiger partial charge in [0.15, 0.2) is 5.82 Å². The van der Waals surface area contributed by atoms with Crippen molar-refractivity contribution in [1.29, 1.82) is 0 Å². The van der Waals surface area contributed by atoms with Crippen LogP contribution in [0.25, 0.3) is 119 Å². The van der Waals surface area contributed by atoms with Gasteiger partial charge in [0.25, 0.3) is 0 Å². The number of aromatic nitrogens is 4. The van der Waals surface area contributed by atoms with Crippen LogP contribution in [0, 0.1) is 0 Å². The molecule has 0 radical (unpaired) electrons. The number of benzene rings is 9. The molecule has 0 aliphatic carbocycles. The topological polar surface area (TPSA) is 35.6 Å². The van der Waals surface area contributed by atoms with Gasteiger partial charge in [-0.2, -0.15) is 0 Å². The first-order valence-corrected chi connectivity index (χ1v) is 20.2. The third kappa shape index (κ3) is 4.32. The van der Waals surface area contributed by atoms with Gasteiger partial charge in [0.1, 0.15) is 5.69 Å². The van der Waals surface area contributed by atoms with Gasteiger partial charge in [0.2, 0.25) is 0 Å². The molecule has 57 heavy (non-hydrogen) atoms. The van der Waals surface area contributed by atoms with Crippen LogP contribution in [0.4, 0.5) is 0 Å². The van der Waals surface area contributed by atoms with Crippen LogP contribution in [0.3, 0.4) is 0 Å². The Balaban J connectivity index is 1.20. The Labute approximate surface area is 330 Å². The minimum absolute atomic E-state index is 0.820. The number of nitrogens with zero attached hydrogens (tertiary/aromatic N) is 4. The van der Waals surface area contributed by atoms with Crippen molar-refractivity contribution in [3.63, 3.8) is 0 Å². The summed E-state index contributed by atoms with van der Waals surface area (Å²) in [6.45, 7) is 0. The summed E-state index contributed by atoms with van der Waals surface area (Å²) >= 11 is 1.83. The number of rotatable bonds is 3. The van der Waals surface area contributed by atoms with Gasteiger partial charge in [-0.15, -0.1) is 11.3 Å². The highest BCUT2D eigenvalue weighted by atomic mass is 32.1. The normalized spacial score (nSPS) is 12.2. The third-order valence-corrected chi connectivity index (χ3v) is 13.0. The first-order chi connectivity index (χ1) is 28.3. The lowest BCUT2D eigenvalue weighted by Crippen LogP contribution is -2.04. The molecule has 0 unspecified atom stereocenters. The predicted octanol–water partition coefficient (Wildman–Crippen LogP) is 14.2. The van der Waals surface area contributed by atoms with E-state index in [0.29, 0.717) is 0 Å². The minimum atomic E-state index is 0.820. The van der Waals surface area contributed by atoms with Gasteiger partial charge in [-0.3, -0.25) is 4.57 Å². The average molecular weight is 743 g/mol. The van der Waals surface area contributed by atoms with Crippen molar-refractivity contribution in [2.24, 2.45) is 0 Å². The number of thiophene rings is 1. The van der Waals surface area contributed by atoms with E-state index in [1.54, 1.807) is 0 Å². The second-order valence-electron chi connectivity index (χ2n) is 14.9. The van der Waals surface area contributed by atoms with E-state index in [9.17, 15) is 0 Å². The molecule has 0 N–H and O–H groups in total. The molecule has 5 heteroatoms. The van der Waals surface area contributed by atoms with Crippen LogP contribution in [-0.2, 0) is 0 Å². The first-order valence-electron chi connectivity index (χ1n) is 19.3. The summed E-state index contributed by atoms with van der Waals surface area (Å²) in [5, 5.41) is 11.9. The molecule has 0 amide bonds. The van der Waals surface area contributed by atoms with Crippen LogP contribution in [0.5, 0.6) is 0 Å². The van der Waals surface area contributed by atoms with Gasteiger partial charge in [-0.25, -0.2) is 9.97 Å². The highest BCUT2D eigenvalue weighted by Gasteiger charge is 2.24. The second kappa shape index (κ2) is 11.6. The Hall–Kier alpha value is -7.34. The smallest absolute Gasteiger partial charge is 0.165 e. The van der Waals surface area contributed by atoms with Crippen molar-refractivity contribution in [2.45, 2.75) is 0 Å². The van der Waals surface area contributed by atoms with E-state index in [0.717, 1.165) is 55.6 Å². The lowest BCUT2D eigenvalue weighted by Gasteiger charge is -2.16. The summed E-state index contributed by atoms with van der Waals surface area (Å²) in [5.41, 5.74) is 9.41. The molecule has 13 rings (SSSR count). The van der Waals surface area contributed by atoms with Crippen molar-refractivity contribution in [3.05, 3.63) is 182 Å². The number of fused-ring (bicyclic) bond motifs is 15. The fraction of sp³-hybridized carbons (Fsp3) is 0. The zero-order chi connectivity index (χ0) is 37.2. The standard InChI is InChI=1S/C52H30N4S/c1-2-14-32(15-3-1)55-43-23-11-8-18-35(43)41-30-46-42(29-45(41)55)36-19-9-12-24-44(36)56(46)52-49(31-26-27-38-37-20-10-13-25-47(37)57-48(38)28-31)53-50-39-21-6-4-16-33(39)34-17-5-7-22-40(34)51(50)54-52/h1-30H. The summed E-state index contributed by atoms with van der Waals surface area (Å²) in [5.74, 6) is 0.820. The fourth-order valence-electron chi connectivity index (χ4n) is 9.39. The van der Waals surface area contributed by atoms with Crippen molar-refractivity contribution in [3.8, 4) is 22.8 Å². The Morgan fingerprint density at radius 1 is 0.333 bits per heavy atom. The van der Waals surface area contributed by atoms with Crippen LogP contribution in [0.2, 0.25) is 0 Å². The molecule has 0 bridgehead atoms. The molecule has 0 atom stereocenters. The molecule has 4 nitrogen and oxygen atoms in total. The van der Waals surface area contributed by atoms with Crippen molar-refractivity contribution in [2.75, 3.05) is 0 Å². The number of hydrogen-bond donors (Lipinski definition) is 0. The summed E-state index contributed by atoms with van der Waals surface area (Å²) < 4.78 is 7.30. The third-order valence-electron chi connectivity index (χ3n) is 11.9. The van der Waals surface area contributed by atoms with E-state index >= 15 is 0 Å². The zero-order valence-electron chi connectivity index (χ0n) is 30.5. The minimum Gasteiger partial charge on any atom is -0.309 e. The molecule has 13 aromatic rings. The molecule has 264 valence electrons. The van der Waals surface area contributed by atoms with Gasteiger partial charge in [0, 0.05) is 63.7 Å². The van der Waals surface area contributed by atoms with E-state index in [1.807, 2.05) is 11.3 Å². The van der Waals surface area contributed by atoms with Crippen molar-refractivity contribution < 1.29 is 0 Å². The summed E-state index contributed by atoms with van der Waals surface area (Å²) in [4.78, 5) is 11.5. The number of para-hydroxylation sites is 3. The lowest BCUT2D eigenvalue weighted by atomic mass is 9.99. The summed E-state index contributed by atoms with van der Waals surface area (Å²) in [7, 11) is 0. The van der Waals surface area contributed by atoms with Crippen molar-refractivity contribution in [1.82, 2.24) is 19.1 Å². The van der Waals surface area contributed by atoms with E-state index < -0.39 is 0 Å². The highest BCUT2D eigenvalue weighted by molar-refractivity contribution is 7.25. The predicted molar refractivity (Wildman–Crippen MR) is 242 cm³/mol. The van der Waals surface area contributed by atoms with Crippen molar-refractivity contribution >= 4 is 108 Å². The molecule has 0 aliphatic heterocycles. The zero-order valence-corrected chi connectivity index (χ0v) is 31.3. The molecular weight excluding hydrogens is 713 g/mol. The van der Waals surface area contributed by atoms with Gasteiger partial charge in [0.05, 0.1) is 33.1 Å². The van der Waals surface area contributed by atoms with Crippen LogP contribution in [-0.4, -0.2) is 19.1 Å². The van der Waals surface area contributed by atoms with E-state index in [4.69, 9.17) is 9.97 Å². The Morgan fingerprint density at radius 3 is 1.53 bits per heavy atom. The molecule has 4 heterocycles. The monoisotopic (exact) mass is 742 g/mol. The van der Waals surface area contributed by atoms with E-state index in [-0.39, 0.29) is 0 Å². The average Bonchev–Trinajstić information content (AvgIpc) is 3.92. The Bertz CT molecular complexity index is 3810. The van der Waals surface area contributed by atoms with Crippen LogP contribution in [0.1, 0.15) is 0 Å². The molecule has 0 saturated carbocycles. The van der Waals surface area contributed by atoms with E-state index in [2.05, 4.69) is 191 Å². The maximum Gasteiger partial charge on any atom is 0.165 e. The lowest BCUT2D eigenvalue weighted by molar-refractivity contribution is 1.08. The van der Waals surface area contributed by atoms with Crippen LogP contribution in [0.15, 0.2) is 182 Å². The van der Waals surface area contributed by atoms with Gasteiger partial charge >= 0.3 is 0 Å². The molecule has 9 aromatic carbocycles. The van der Waals surface area contributed by atoms with Crippen LogP contribution >= 0.6 is 11.3 Å². The van der Waals surface area contributed by atoms with Gasteiger partial charge < -0.3 is 4.57 Å². The quantitative estimate of drug-likeness (QED) is 0.169. The first kappa shape index (κ1) is 30.9. The molecule has 0 saturated heterocycles. The number of hydrogen-bond acceptors (Lipinski definition) is 3. The Morgan fingerprint density at radius 2 is 0.842 bits per heavy atom. The van der Waals surface area contributed by atoms with Crippen LogP contribution < -0.4 is 0 Å². The van der Waals surface area contributed by atoms with Gasteiger partial charge in [-0.1, -0.05) is 133 Å².